The quantitative estimate of drug-likeness (QED) is 0.867. The maximum Gasteiger partial charge on any atom is 0.433 e. The minimum absolute atomic E-state index is 0.0713. The lowest BCUT2D eigenvalue weighted by Gasteiger charge is -2.30. The SMILES string of the molecule is Cc1c(C(=O)NC2CCNCC2C)sc2nc(C(F)(F)F)ccc12. The van der Waals surface area contributed by atoms with Gasteiger partial charge in [-0.05, 0) is 50.0 Å². The number of aromatic nitrogens is 1. The van der Waals surface area contributed by atoms with Crippen LogP contribution in [0.2, 0.25) is 0 Å². The van der Waals surface area contributed by atoms with Gasteiger partial charge in [-0.2, -0.15) is 13.2 Å². The molecule has 0 spiro atoms. The zero-order valence-electron chi connectivity index (χ0n) is 13.3. The number of rotatable bonds is 2. The smallest absolute Gasteiger partial charge is 0.348 e. The van der Waals surface area contributed by atoms with Crippen LogP contribution in [0.3, 0.4) is 0 Å². The molecule has 3 rings (SSSR count). The van der Waals surface area contributed by atoms with Gasteiger partial charge in [0.2, 0.25) is 0 Å². The van der Waals surface area contributed by atoms with Gasteiger partial charge in [-0.15, -0.1) is 11.3 Å². The van der Waals surface area contributed by atoms with Crippen LogP contribution in [-0.4, -0.2) is 30.0 Å². The van der Waals surface area contributed by atoms with Gasteiger partial charge >= 0.3 is 6.18 Å². The van der Waals surface area contributed by atoms with Crippen LogP contribution in [0.15, 0.2) is 12.1 Å². The Morgan fingerprint density at radius 1 is 1.42 bits per heavy atom. The maximum absolute atomic E-state index is 12.8. The van der Waals surface area contributed by atoms with E-state index in [0.717, 1.165) is 36.9 Å². The van der Waals surface area contributed by atoms with Crippen LogP contribution in [0.4, 0.5) is 13.2 Å². The highest BCUT2D eigenvalue weighted by molar-refractivity contribution is 7.20. The molecule has 2 aromatic heterocycles. The largest absolute Gasteiger partial charge is 0.433 e. The summed E-state index contributed by atoms with van der Waals surface area (Å²) >= 11 is 1.01. The molecule has 3 heterocycles. The lowest BCUT2D eigenvalue weighted by atomic mass is 9.95. The van der Waals surface area contributed by atoms with Crippen molar-refractivity contribution in [3.8, 4) is 0 Å². The number of halogens is 3. The Balaban J connectivity index is 1.88. The number of thiophene rings is 1. The van der Waals surface area contributed by atoms with Crippen LogP contribution in [0.5, 0.6) is 0 Å². The summed E-state index contributed by atoms with van der Waals surface area (Å²) in [5, 5.41) is 6.87. The summed E-state index contributed by atoms with van der Waals surface area (Å²) in [7, 11) is 0. The number of amides is 1. The Hall–Kier alpha value is -1.67. The average Bonchev–Trinajstić information content (AvgIpc) is 2.85. The van der Waals surface area contributed by atoms with Gasteiger partial charge in [-0.3, -0.25) is 4.79 Å². The monoisotopic (exact) mass is 357 g/mol. The molecule has 0 bridgehead atoms. The lowest BCUT2D eigenvalue weighted by molar-refractivity contribution is -0.140. The maximum atomic E-state index is 12.8. The van der Waals surface area contributed by atoms with E-state index in [1.807, 2.05) is 0 Å². The van der Waals surface area contributed by atoms with Gasteiger partial charge in [-0.1, -0.05) is 6.92 Å². The van der Waals surface area contributed by atoms with E-state index in [1.165, 1.54) is 6.07 Å². The fourth-order valence-electron chi connectivity index (χ4n) is 2.94. The molecule has 4 nitrogen and oxygen atoms in total. The zero-order chi connectivity index (χ0) is 17.5. The van der Waals surface area contributed by atoms with Crippen molar-refractivity contribution < 1.29 is 18.0 Å². The second kappa shape index (κ2) is 6.33. The summed E-state index contributed by atoms with van der Waals surface area (Å²) in [4.78, 5) is 16.9. The van der Waals surface area contributed by atoms with Gasteiger partial charge in [0.05, 0.1) is 4.88 Å². The first kappa shape index (κ1) is 17.2. The first-order valence-electron chi connectivity index (χ1n) is 7.76. The molecular weight excluding hydrogens is 339 g/mol. The molecular formula is C16H18F3N3OS. The van der Waals surface area contributed by atoms with E-state index in [1.54, 1.807) is 6.92 Å². The van der Waals surface area contributed by atoms with E-state index in [9.17, 15) is 18.0 Å². The van der Waals surface area contributed by atoms with Gasteiger partial charge in [0.25, 0.3) is 5.91 Å². The molecule has 0 saturated carbocycles. The highest BCUT2D eigenvalue weighted by Gasteiger charge is 2.33. The van der Waals surface area contributed by atoms with E-state index in [0.29, 0.717) is 21.7 Å². The van der Waals surface area contributed by atoms with E-state index in [-0.39, 0.29) is 16.8 Å². The summed E-state index contributed by atoms with van der Waals surface area (Å²) < 4.78 is 38.4. The molecule has 2 N–H and O–H groups in total. The molecule has 2 atom stereocenters. The standard InChI is InChI=1S/C16H18F3N3OS/c1-8-7-20-6-5-11(8)21-14(23)13-9(2)10-3-4-12(16(17,18)19)22-15(10)24-13/h3-4,8,11,20H,5-7H2,1-2H3,(H,21,23). The van der Waals surface area contributed by atoms with Crippen LogP contribution in [-0.2, 0) is 6.18 Å². The van der Waals surface area contributed by atoms with Crippen molar-refractivity contribution in [3.63, 3.8) is 0 Å². The minimum atomic E-state index is -4.49. The van der Waals surface area contributed by atoms with Crippen molar-refractivity contribution in [1.82, 2.24) is 15.6 Å². The van der Waals surface area contributed by atoms with Crippen LogP contribution >= 0.6 is 11.3 Å². The second-order valence-corrected chi connectivity index (χ2v) is 7.15. The van der Waals surface area contributed by atoms with Crippen LogP contribution in [0.1, 0.15) is 34.3 Å². The summed E-state index contributed by atoms with van der Waals surface area (Å²) in [6.07, 6.45) is -3.65. The highest BCUT2D eigenvalue weighted by atomic mass is 32.1. The van der Waals surface area contributed by atoms with Crippen molar-refractivity contribution in [2.45, 2.75) is 32.5 Å². The highest BCUT2D eigenvalue weighted by Crippen LogP contribution is 2.34. The number of hydrogen-bond acceptors (Lipinski definition) is 4. The van der Waals surface area contributed by atoms with Crippen molar-refractivity contribution in [3.05, 3.63) is 28.3 Å². The number of alkyl halides is 3. The molecule has 130 valence electrons. The number of aryl methyl sites for hydroxylation is 1. The third-order valence-electron chi connectivity index (χ3n) is 4.40. The molecule has 1 amide bonds. The van der Waals surface area contributed by atoms with Crippen LogP contribution in [0, 0.1) is 12.8 Å². The first-order chi connectivity index (χ1) is 11.3. The van der Waals surface area contributed by atoms with Crippen molar-refractivity contribution >= 4 is 27.5 Å². The number of fused-ring (bicyclic) bond motifs is 1. The summed E-state index contributed by atoms with van der Waals surface area (Å²) in [6.45, 7) is 5.49. The average molecular weight is 357 g/mol. The molecule has 24 heavy (non-hydrogen) atoms. The van der Waals surface area contributed by atoms with Crippen molar-refractivity contribution in [1.29, 1.82) is 0 Å². The van der Waals surface area contributed by atoms with Gasteiger partial charge in [-0.25, -0.2) is 4.98 Å². The Labute approximate surface area is 141 Å². The van der Waals surface area contributed by atoms with E-state index < -0.39 is 11.9 Å². The van der Waals surface area contributed by atoms with Crippen LogP contribution in [0.25, 0.3) is 10.2 Å². The van der Waals surface area contributed by atoms with E-state index in [4.69, 9.17) is 0 Å². The molecule has 1 aliphatic heterocycles. The molecule has 0 aliphatic carbocycles. The molecule has 2 unspecified atom stereocenters. The molecule has 8 heteroatoms. The first-order valence-corrected chi connectivity index (χ1v) is 8.58. The Morgan fingerprint density at radius 3 is 2.83 bits per heavy atom. The fraction of sp³-hybridized carbons (Fsp3) is 0.500. The number of nitrogens with one attached hydrogen (secondary N) is 2. The fourth-order valence-corrected chi connectivity index (χ4v) is 4.02. The Morgan fingerprint density at radius 2 is 2.17 bits per heavy atom. The minimum Gasteiger partial charge on any atom is -0.348 e. The number of piperidine rings is 1. The van der Waals surface area contributed by atoms with Gasteiger partial charge < -0.3 is 10.6 Å². The molecule has 1 fully saturated rings. The predicted molar refractivity (Wildman–Crippen MR) is 87.3 cm³/mol. The number of carbonyl (C=O) groups excluding carboxylic acids is 1. The zero-order valence-corrected chi connectivity index (χ0v) is 14.1. The number of carbonyl (C=O) groups is 1. The molecule has 0 radical (unpaired) electrons. The van der Waals surface area contributed by atoms with Gasteiger partial charge in [0.1, 0.15) is 10.5 Å². The topological polar surface area (TPSA) is 54.0 Å². The van der Waals surface area contributed by atoms with E-state index >= 15 is 0 Å². The van der Waals surface area contributed by atoms with Crippen LogP contribution < -0.4 is 10.6 Å². The lowest BCUT2D eigenvalue weighted by Crippen LogP contribution is -2.48. The number of hydrogen-bond donors (Lipinski definition) is 2. The van der Waals surface area contributed by atoms with Crippen molar-refractivity contribution in [2.75, 3.05) is 13.1 Å². The van der Waals surface area contributed by atoms with Crippen molar-refractivity contribution in [2.24, 2.45) is 5.92 Å². The van der Waals surface area contributed by atoms with Gasteiger partial charge in [0.15, 0.2) is 0 Å². The molecule has 1 aliphatic rings. The number of nitrogens with zero attached hydrogens (tertiary/aromatic N) is 1. The Bertz CT molecular complexity index is 772. The summed E-state index contributed by atoms with van der Waals surface area (Å²) in [5.41, 5.74) is -0.259. The molecule has 0 aromatic carbocycles. The third-order valence-corrected chi connectivity index (χ3v) is 5.60. The second-order valence-electron chi connectivity index (χ2n) is 6.15. The molecule has 1 saturated heterocycles. The third kappa shape index (κ3) is 3.25. The predicted octanol–water partition coefficient (Wildman–Crippen LogP) is 3.35. The summed E-state index contributed by atoms with van der Waals surface area (Å²) in [5.74, 6) is 0.0788. The summed E-state index contributed by atoms with van der Waals surface area (Å²) in [6, 6.07) is 2.42. The number of pyridine rings is 1. The molecule has 2 aromatic rings. The van der Waals surface area contributed by atoms with E-state index in [2.05, 4.69) is 22.5 Å². The van der Waals surface area contributed by atoms with Gasteiger partial charge in [0, 0.05) is 11.4 Å². The Kier molecular flexibility index (Phi) is 4.52. The normalized spacial score (nSPS) is 21.9.